The van der Waals surface area contributed by atoms with Gasteiger partial charge in [0.15, 0.2) is 0 Å². The maximum atomic E-state index is 14.0. The Morgan fingerprint density at radius 1 is 1.11 bits per heavy atom. The lowest BCUT2D eigenvalue weighted by molar-refractivity contribution is 0.0798. The maximum absolute atomic E-state index is 14.0. The van der Waals surface area contributed by atoms with E-state index in [1.54, 1.807) is 0 Å². The predicted octanol–water partition coefficient (Wildman–Crippen LogP) is 3.67. The van der Waals surface area contributed by atoms with Gasteiger partial charge in [-0.2, -0.15) is 8.78 Å². The first-order valence-electron chi connectivity index (χ1n) is 6.61. The normalized spacial score (nSPS) is 29.1. The van der Waals surface area contributed by atoms with E-state index in [2.05, 4.69) is 9.71 Å². The molecule has 0 aromatic carbocycles. The molecule has 1 aliphatic heterocycles. The molecule has 5 heteroatoms. The second kappa shape index (κ2) is 4.75. The first-order chi connectivity index (χ1) is 8.25. The van der Waals surface area contributed by atoms with E-state index in [1.807, 2.05) is 20.8 Å². The third-order valence-corrected chi connectivity index (χ3v) is 4.56. The lowest BCUT2D eigenvalue weighted by Crippen LogP contribution is -2.43. The van der Waals surface area contributed by atoms with Crippen molar-refractivity contribution in [3.8, 4) is 0 Å². The predicted molar refractivity (Wildman–Crippen MR) is 73.5 cm³/mol. The van der Waals surface area contributed by atoms with Gasteiger partial charge in [-0.05, 0) is 65.1 Å². The summed E-state index contributed by atoms with van der Waals surface area (Å²) in [6, 6.07) is 0. The molecule has 0 atom stereocenters. The average molecular weight is 276 g/mol. The average Bonchev–Trinajstić information content (AvgIpc) is 2.49. The van der Waals surface area contributed by atoms with Gasteiger partial charge in [0.25, 0.3) is 5.92 Å². The summed E-state index contributed by atoms with van der Waals surface area (Å²) in [5.41, 5.74) is -0.177. The highest BCUT2D eigenvalue weighted by Gasteiger charge is 2.56. The van der Waals surface area contributed by atoms with Crippen LogP contribution in [0.4, 0.5) is 8.78 Å². The van der Waals surface area contributed by atoms with Gasteiger partial charge in [-0.3, -0.25) is 0 Å². The van der Waals surface area contributed by atoms with Gasteiger partial charge in [0.2, 0.25) is 0 Å². The number of halogens is 2. The van der Waals surface area contributed by atoms with E-state index in [-0.39, 0.29) is 22.3 Å². The van der Waals surface area contributed by atoms with Gasteiger partial charge in [-0.25, -0.2) is 4.40 Å². The fourth-order valence-electron chi connectivity index (χ4n) is 2.76. The van der Waals surface area contributed by atoms with E-state index in [0.717, 1.165) is 25.9 Å². The van der Waals surface area contributed by atoms with Crippen molar-refractivity contribution in [1.29, 1.82) is 0 Å². The molecule has 18 heavy (non-hydrogen) atoms. The molecular formula is C13H22F2N2S. The van der Waals surface area contributed by atoms with Crippen LogP contribution in [-0.2, 0) is 0 Å². The van der Waals surface area contributed by atoms with Crippen molar-refractivity contribution in [2.24, 2.45) is 9.81 Å². The van der Waals surface area contributed by atoms with Crippen LogP contribution in [0.2, 0.25) is 0 Å². The van der Waals surface area contributed by atoms with Gasteiger partial charge in [-0.1, -0.05) is 0 Å². The van der Waals surface area contributed by atoms with Crippen LogP contribution in [-0.4, -0.2) is 29.5 Å². The summed E-state index contributed by atoms with van der Waals surface area (Å²) in [7, 11) is 0. The van der Waals surface area contributed by atoms with E-state index in [1.165, 1.54) is 11.9 Å². The molecule has 1 spiro atoms. The Morgan fingerprint density at radius 3 is 2.28 bits per heavy atom. The molecular weight excluding hydrogens is 254 g/mol. The standard InChI is InChI=1S/C13H22F2N2S/c1-11(2,3)18-17-10-12(4-5-13(10,14)15)6-8-16-9-7-12/h16H,4-9H2,1-3H3. The SMILES string of the molecule is CC(C)(C)SN=C1C(F)(F)CCC12CCNCC2. The summed E-state index contributed by atoms with van der Waals surface area (Å²) in [4.78, 5) is 0. The zero-order valence-electron chi connectivity index (χ0n) is 11.4. The molecule has 1 heterocycles. The van der Waals surface area contributed by atoms with Crippen LogP contribution >= 0.6 is 11.9 Å². The minimum atomic E-state index is -2.70. The molecule has 2 fully saturated rings. The molecule has 0 aromatic rings. The van der Waals surface area contributed by atoms with Crippen LogP contribution in [0.5, 0.6) is 0 Å². The Labute approximate surface area is 112 Å². The van der Waals surface area contributed by atoms with Gasteiger partial charge >= 0.3 is 0 Å². The van der Waals surface area contributed by atoms with Gasteiger partial charge in [0.05, 0.1) is 0 Å². The zero-order valence-corrected chi connectivity index (χ0v) is 12.2. The van der Waals surface area contributed by atoms with Crippen LogP contribution in [0.25, 0.3) is 0 Å². The van der Waals surface area contributed by atoms with Crippen LogP contribution in [0, 0.1) is 5.41 Å². The summed E-state index contributed by atoms with van der Waals surface area (Å²) in [6.45, 7) is 7.67. The summed E-state index contributed by atoms with van der Waals surface area (Å²) < 4.78 is 32.3. The zero-order chi connectivity index (χ0) is 13.4. The molecule has 0 radical (unpaired) electrons. The van der Waals surface area contributed by atoms with Gasteiger partial charge < -0.3 is 5.32 Å². The molecule has 0 amide bonds. The molecule has 1 aliphatic carbocycles. The fourth-order valence-corrected chi connectivity index (χ4v) is 3.45. The number of hydrogen-bond donors (Lipinski definition) is 1. The second-order valence-corrected chi connectivity index (χ2v) is 7.97. The second-order valence-electron chi connectivity index (χ2n) is 6.38. The Kier molecular flexibility index (Phi) is 3.76. The van der Waals surface area contributed by atoms with Crippen LogP contribution in [0.3, 0.4) is 0 Å². The highest BCUT2D eigenvalue weighted by molar-refractivity contribution is 7.99. The maximum Gasteiger partial charge on any atom is 0.287 e. The summed E-state index contributed by atoms with van der Waals surface area (Å²) in [5, 5.41) is 3.25. The van der Waals surface area contributed by atoms with Crippen molar-refractivity contribution in [1.82, 2.24) is 5.32 Å². The third-order valence-electron chi connectivity index (χ3n) is 3.74. The molecule has 1 N–H and O–H groups in total. The van der Waals surface area contributed by atoms with Crippen LogP contribution in [0.15, 0.2) is 4.40 Å². The van der Waals surface area contributed by atoms with Crippen LogP contribution in [0.1, 0.15) is 46.5 Å². The molecule has 0 aromatic heterocycles. The Hall–Kier alpha value is -0.160. The first-order valence-corrected chi connectivity index (χ1v) is 7.38. The fraction of sp³-hybridized carbons (Fsp3) is 0.923. The van der Waals surface area contributed by atoms with E-state index >= 15 is 0 Å². The topological polar surface area (TPSA) is 24.4 Å². The van der Waals surface area contributed by atoms with E-state index in [0.29, 0.717) is 6.42 Å². The summed E-state index contributed by atoms with van der Waals surface area (Å²) in [5.74, 6) is -2.70. The minimum absolute atomic E-state index is 0.0312. The van der Waals surface area contributed by atoms with Crippen molar-refractivity contribution in [2.75, 3.05) is 13.1 Å². The molecule has 0 unspecified atom stereocenters. The van der Waals surface area contributed by atoms with E-state index in [9.17, 15) is 8.78 Å². The van der Waals surface area contributed by atoms with Gasteiger partial charge in [0.1, 0.15) is 5.71 Å². The van der Waals surface area contributed by atoms with Gasteiger partial charge in [0, 0.05) is 16.6 Å². The molecule has 2 rings (SSSR count). The summed E-state index contributed by atoms with van der Waals surface area (Å²) in [6.07, 6.45) is 2.15. The molecule has 1 saturated carbocycles. The van der Waals surface area contributed by atoms with Crippen molar-refractivity contribution < 1.29 is 8.78 Å². The van der Waals surface area contributed by atoms with Crippen molar-refractivity contribution in [3.63, 3.8) is 0 Å². The van der Waals surface area contributed by atoms with Crippen LogP contribution < -0.4 is 5.32 Å². The summed E-state index contributed by atoms with van der Waals surface area (Å²) >= 11 is 1.29. The smallest absolute Gasteiger partial charge is 0.287 e. The van der Waals surface area contributed by atoms with Crippen molar-refractivity contribution >= 4 is 17.7 Å². The highest BCUT2D eigenvalue weighted by atomic mass is 32.2. The van der Waals surface area contributed by atoms with E-state index < -0.39 is 5.92 Å². The molecule has 2 nitrogen and oxygen atoms in total. The van der Waals surface area contributed by atoms with E-state index in [4.69, 9.17) is 0 Å². The molecule has 104 valence electrons. The minimum Gasteiger partial charge on any atom is -0.317 e. The number of hydrogen-bond acceptors (Lipinski definition) is 3. The van der Waals surface area contributed by atoms with Crippen molar-refractivity contribution in [3.05, 3.63) is 0 Å². The molecule has 2 aliphatic rings. The number of piperidine rings is 1. The van der Waals surface area contributed by atoms with Crippen molar-refractivity contribution in [2.45, 2.75) is 57.1 Å². The first kappa shape index (κ1) is 14.3. The lowest BCUT2D eigenvalue weighted by atomic mass is 9.76. The molecule has 0 bridgehead atoms. The molecule has 1 saturated heterocycles. The lowest BCUT2D eigenvalue weighted by Gasteiger charge is -2.34. The number of nitrogens with zero attached hydrogens (tertiary/aromatic N) is 1. The Morgan fingerprint density at radius 2 is 1.72 bits per heavy atom. The Balaban J connectivity index is 2.25. The number of alkyl halides is 2. The number of nitrogens with one attached hydrogen (secondary N) is 1. The Bertz CT molecular complexity index is 341. The number of rotatable bonds is 1. The highest BCUT2D eigenvalue weighted by Crippen LogP contribution is 2.51. The quantitative estimate of drug-likeness (QED) is 0.739. The van der Waals surface area contributed by atoms with Gasteiger partial charge in [-0.15, -0.1) is 0 Å². The largest absolute Gasteiger partial charge is 0.317 e. The third kappa shape index (κ3) is 2.87. The monoisotopic (exact) mass is 276 g/mol.